The van der Waals surface area contributed by atoms with Crippen LogP contribution in [-0.2, 0) is 32.4 Å². The molecule has 0 aliphatic carbocycles. The Labute approximate surface area is 258 Å². The number of nitrogens with two attached hydrogens (primary N) is 2. The molecule has 0 aromatic carbocycles. The molecule has 24 heteroatoms. The molecule has 0 amide bonds. The van der Waals surface area contributed by atoms with E-state index in [4.69, 9.17) is 34.5 Å². The molecule has 0 spiro atoms. The van der Waals surface area contributed by atoms with E-state index in [1.54, 1.807) is 0 Å². The van der Waals surface area contributed by atoms with Crippen molar-refractivity contribution in [3.8, 4) is 0 Å². The van der Waals surface area contributed by atoms with Crippen LogP contribution in [0.15, 0.2) is 23.8 Å². The van der Waals surface area contributed by atoms with Gasteiger partial charge in [-0.1, -0.05) is 0 Å². The first-order valence-corrected chi connectivity index (χ1v) is 15.8. The maximum atomic E-state index is 13.1. The van der Waals surface area contributed by atoms with Gasteiger partial charge in [0.25, 0.3) is 5.56 Å². The molecule has 2 aliphatic heterocycles. The second-order valence-corrected chi connectivity index (χ2v) is 12.1. The average molecular weight is 686 g/mol. The van der Waals surface area contributed by atoms with Gasteiger partial charge < -0.3 is 50.3 Å². The maximum Gasteiger partial charge on any atom is 0.472 e. The summed E-state index contributed by atoms with van der Waals surface area (Å²) < 4.78 is 43.1. The Morgan fingerprint density at radius 2 is 1.74 bits per heavy atom. The molecule has 248 valence electrons. The topological polar surface area (TPSA) is 320 Å². The van der Waals surface area contributed by atoms with E-state index in [2.05, 4.69) is 29.9 Å². The molecule has 10 atom stereocenters. The molecule has 4 aromatic rings. The zero-order chi connectivity index (χ0) is 32.7. The highest BCUT2D eigenvalue weighted by Gasteiger charge is 2.51. The summed E-state index contributed by atoms with van der Waals surface area (Å²) in [7, 11) is -6.00. The number of aromatic amines is 1. The number of fused-ring (bicyclic) bond motifs is 2. The molecule has 46 heavy (non-hydrogen) atoms. The Balaban J connectivity index is 1.18. The summed E-state index contributed by atoms with van der Waals surface area (Å²) in [4.78, 5) is 66.0. The number of hydrogen-bond acceptors (Lipinski definition) is 18. The summed E-state index contributed by atoms with van der Waals surface area (Å²) in [5, 5.41) is 22.1. The number of aldehydes is 1. The fraction of sp³-hybridized carbons (Fsp3) is 0.500. The van der Waals surface area contributed by atoms with Crippen molar-refractivity contribution in [3.63, 3.8) is 0 Å². The van der Waals surface area contributed by atoms with E-state index in [1.807, 2.05) is 0 Å². The molecule has 4 aromatic heterocycles. The number of carbonyl (C=O) groups is 1. The van der Waals surface area contributed by atoms with Gasteiger partial charge >= 0.3 is 7.82 Å². The number of aliphatic hydroxyl groups is 2. The third-order valence-corrected chi connectivity index (χ3v) is 8.81. The number of nitrogen functional groups attached to an aromatic ring is 2. The summed E-state index contributed by atoms with van der Waals surface area (Å²) in [5.41, 5.74) is 11.3. The van der Waals surface area contributed by atoms with Crippen molar-refractivity contribution in [1.29, 1.82) is 0 Å². The quantitative estimate of drug-likeness (QED) is 0.0618. The van der Waals surface area contributed by atoms with Gasteiger partial charge in [-0.15, -0.1) is 0 Å². The van der Waals surface area contributed by atoms with E-state index in [0.717, 1.165) is 0 Å². The first-order valence-electron chi connectivity index (χ1n) is 13.5. The highest BCUT2D eigenvalue weighted by atomic mass is 31.2. The van der Waals surface area contributed by atoms with Crippen LogP contribution in [0.1, 0.15) is 18.9 Å². The van der Waals surface area contributed by atoms with Gasteiger partial charge in [-0.05, 0) is 0 Å². The van der Waals surface area contributed by atoms with Gasteiger partial charge in [-0.25, -0.2) is 24.5 Å². The fourth-order valence-electron chi connectivity index (χ4n) is 5.45. The van der Waals surface area contributed by atoms with Gasteiger partial charge in [0.2, 0.25) is 5.95 Å². The van der Waals surface area contributed by atoms with E-state index >= 15 is 0 Å². The fourth-order valence-corrected chi connectivity index (χ4v) is 6.66. The zero-order valence-electron chi connectivity index (χ0n) is 23.3. The first kappa shape index (κ1) is 32.4. The largest absolute Gasteiger partial charge is 0.472 e. The second kappa shape index (κ2) is 12.9. The van der Waals surface area contributed by atoms with E-state index < -0.39 is 77.9 Å². The van der Waals surface area contributed by atoms with Crippen LogP contribution in [0.3, 0.4) is 0 Å². The van der Waals surface area contributed by atoms with Crippen LogP contribution in [0.5, 0.6) is 0 Å². The SMILES string of the molecule is Nc1nc2c(ncn2[C@@H]2O[C@H](COP(=O)(O)O[C@H]3[C@@H](O)[C@H](n4cnc5c(N)ncnc54)O[C@@H]3COPO)[C@@H](O)[C@H]2CC=O)c(=O)[nH]1. The predicted octanol–water partition coefficient (Wildman–Crippen LogP) is -2.13. The van der Waals surface area contributed by atoms with E-state index in [1.165, 1.54) is 28.1 Å². The smallest absolute Gasteiger partial charge is 0.390 e. The number of hydrogen-bond donors (Lipinski definition) is 7. The number of nitrogens with one attached hydrogen (secondary N) is 1. The summed E-state index contributed by atoms with van der Waals surface area (Å²) >= 11 is 0. The number of phosphoric acid groups is 1. The Kier molecular flexibility index (Phi) is 9.11. The first-order chi connectivity index (χ1) is 22.0. The van der Waals surface area contributed by atoms with E-state index in [0.29, 0.717) is 6.29 Å². The highest BCUT2D eigenvalue weighted by molar-refractivity contribution is 7.47. The number of phosphoric ester groups is 1. The second-order valence-electron chi connectivity index (χ2n) is 10.3. The van der Waals surface area contributed by atoms with Gasteiger partial charge in [0.05, 0.1) is 32.0 Å². The molecule has 0 saturated carbocycles. The normalized spacial score (nSPS) is 29.7. The van der Waals surface area contributed by atoms with Crippen molar-refractivity contribution in [3.05, 3.63) is 29.3 Å². The standard InChI is InChI=1S/C22H28N10O12P2/c23-16-11-17(26-5-25-16)31(6-27-11)21-14(35)15(10(43-21)3-40-45-37)44-46(38,39)41-4-9-13(34)8(1-2-33)20(42-9)32-7-28-12-18(32)29-22(24)30-19(12)36/h2,5-10,13-15,20-21,34-35,37,45H,1,3-4H2,(H,38,39)(H2,23,25,26)(H3,24,29,30,36)/t8-,9-,10-,13+,14-,15-,20-,21-/m1/s1. The van der Waals surface area contributed by atoms with Crippen molar-refractivity contribution in [1.82, 2.24) is 39.0 Å². The summed E-state index contributed by atoms with van der Waals surface area (Å²) in [6, 6.07) is 0. The summed E-state index contributed by atoms with van der Waals surface area (Å²) in [6.45, 7) is -1.06. The van der Waals surface area contributed by atoms with Gasteiger partial charge in [-0.3, -0.25) is 28.0 Å². The minimum atomic E-state index is -5.03. The molecule has 0 radical (unpaired) electrons. The Hall–Kier alpha value is -3.53. The third-order valence-electron chi connectivity index (χ3n) is 7.53. The van der Waals surface area contributed by atoms with Crippen LogP contribution in [0, 0.1) is 5.92 Å². The molecule has 2 fully saturated rings. The number of imidazole rings is 2. The maximum absolute atomic E-state index is 13.1. The molecular weight excluding hydrogens is 658 g/mol. The number of aliphatic hydroxyl groups excluding tert-OH is 2. The van der Waals surface area contributed by atoms with Crippen LogP contribution < -0.4 is 17.0 Å². The molecule has 2 saturated heterocycles. The van der Waals surface area contributed by atoms with Crippen LogP contribution >= 0.6 is 16.9 Å². The van der Waals surface area contributed by atoms with Gasteiger partial charge in [-0.2, -0.15) is 4.98 Å². The molecular formula is C22H28N10O12P2. The van der Waals surface area contributed by atoms with Gasteiger partial charge in [0.1, 0.15) is 48.8 Å². The van der Waals surface area contributed by atoms with Crippen molar-refractivity contribution in [2.45, 2.75) is 49.4 Å². The lowest BCUT2D eigenvalue weighted by Crippen LogP contribution is -2.36. The molecule has 0 bridgehead atoms. The lowest BCUT2D eigenvalue weighted by molar-refractivity contribution is -0.110. The number of nitrogens with zero attached hydrogens (tertiary/aromatic N) is 7. The van der Waals surface area contributed by atoms with Gasteiger partial charge in [0.15, 0.2) is 37.9 Å². The lowest BCUT2D eigenvalue weighted by Gasteiger charge is -2.24. The van der Waals surface area contributed by atoms with Crippen molar-refractivity contribution < 1.29 is 52.4 Å². The van der Waals surface area contributed by atoms with Crippen molar-refractivity contribution in [2.24, 2.45) is 5.92 Å². The number of carbonyl (C=O) groups excluding carboxylic acids is 1. The molecule has 22 nitrogen and oxygen atoms in total. The van der Waals surface area contributed by atoms with Crippen LogP contribution in [-0.4, -0.2) is 109 Å². The third kappa shape index (κ3) is 6.00. The number of ether oxygens (including phenoxy) is 2. The Bertz CT molecular complexity index is 1840. The molecule has 6 rings (SSSR count). The minimum Gasteiger partial charge on any atom is -0.390 e. The van der Waals surface area contributed by atoms with Crippen LogP contribution in [0.4, 0.5) is 11.8 Å². The number of rotatable bonds is 12. The number of anilines is 2. The summed E-state index contributed by atoms with van der Waals surface area (Å²) in [6.07, 6.45) is -5.31. The predicted molar refractivity (Wildman–Crippen MR) is 153 cm³/mol. The van der Waals surface area contributed by atoms with Gasteiger partial charge in [0, 0.05) is 12.3 Å². The number of aromatic nitrogens is 8. The van der Waals surface area contributed by atoms with E-state index in [9.17, 15) is 34.2 Å². The van der Waals surface area contributed by atoms with Crippen LogP contribution in [0.25, 0.3) is 22.3 Å². The Morgan fingerprint density at radius 1 is 1.02 bits per heavy atom. The Morgan fingerprint density at radius 3 is 2.48 bits per heavy atom. The van der Waals surface area contributed by atoms with Crippen LogP contribution in [0.2, 0.25) is 0 Å². The monoisotopic (exact) mass is 686 g/mol. The molecule has 6 heterocycles. The van der Waals surface area contributed by atoms with Crippen molar-refractivity contribution >= 4 is 57.2 Å². The average Bonchev–Trinajstić information content (AvgIpc) is 3.77. The molecule has 9 N–H and O–H groups in total. The summed E-state index contributed by atoms with van der Waals surface area (Å²) in [5.74, 6) is -1.03. The molecule has 2 unspecified atom stereocenters. The lowest BCUT2D eigenvalue weighted by atomic mass is 9.97. The highest BCUT2D eigenvalue weighted by Crippen LogP contribution is 2.50. The zero-order valence-corrected chi connectivity index (χ0v) is 25.2. The molecule has 2 aliphatic rings. The minimum absolute atomic E-state index is 0.0217. The van der Waals surface area contributed by atoms with Crippen molar-refractivity contribution in [2.75, 3.05) is 24.7 Å². The number of H-pyrrole nitrogens is 1. The van der Waals surface area contributed by atoms with E-state index in [-0.39, 0.29) is 47.1 Å².